The van der Waals surface area contributed by atoms with Crippen LogP contribution >= 0.6 is 15.9 Å². The molecule has 0 spiro atoms. The van der Waals surface area contributed by atoms with Crippen molar-refractivity contribution >= 4 is 32.4 Å². The molecule has 20 heavy (non-hydrogen) atoms. The molecule has 0 saturated carbocycles. The summed E-state index contributed by atoms with van der Waals surface area (Å²) in [6.07, 6.45) is 0. The summed E-state index contributed by atoms with van der Waals surface area (Å²) in [6.45, 7) is 0. The second-order valence-electron chi connectivity index (χ2n) is 4.58. The number of alkyl halides is 1. The Balaban J connectivity index is 1.95. The monoisotopic (exact) mass is 327 g/mol. The number of benzene rings is 3. The molecule has 0 aromatic heterocycles. The first-order valence-electron chi connectivity index (χ1n) is 6.38. The van der Waals surface area contributed by atoms with Crippen LogP contribution in [0.4, 0.5) is 5.69 Å². The molecule has 1 unspecified atom stereocenters. The van der Waals surface area contributed by atoms with Gasteiger partial charge in [-0.3, -0.25) is 0 Å². The average molecular weight is 328 g/mol. The number of halogens is 1. The van der Waals surface area contributed by atoms with Crippen molar-refractivity contribution < 1.29 is 4.74 Å². The van der Waals surface area contributed by atoms with Crippen molar-refractivity contribution in [3.05, 3.63) is 72.3 Å². The van der Waals surface area contributed by atoms with E-state index in [0.29, 0.717) is 0 Å². The predicted octanol–water partition coefficient (Wildman–Crippen LogP) is 4.89. The molecule has 100 valence electrons. The Hall–Kier alpha value is -2.00. The van der Waals surface area contributed by atoms with Gasteiger partial charge in [-0.2, -0.15) is 0 Å². The molecule has 0 bridgehead atoms. The Bertz CT molecular complexity index is 727. The zero-order chi connectivity index (χ0) is 13.9. The average Bonchev–Trinajstić information content (AvgIpc) is 2.48. The molecule has 3 rings (SSSR count). The number of fused-ring (bicyclic) bond motifs is 1. The van der Waals surface area contributed by atoms with E-state index in [0.717, 1.165) is 27.8 Å². The lowest BCUT2D eigenvalue weighted by Gasteiger charge is -2.15. The molecule has 0 fully saturated rings. The SMILES string of the molecule is Nc1ccc2c(OC(Br)c3ccccc3)cccc2c1. The lowest BCUT2D eigenvalue weighted by atomic mass is 10.1. The maximum atomic E-state index is 6.03. The lowest BCUT2D eigenvalue weighted by Crippen LogP contribution is -2.00. The van der Waals surface area contributed by atoms with Crippen molar-refractivity contribution in [3.63, 3.8) is 0 Å². The summed E-state index contributed by atoms with van der Waals surface area (Å²) < 4.78 is 6.03. The highest BCUT2D eigenvalue weighted by Crippen LogP contribution is 2.33. The normalized spacial score (nSPS) is 12.2. The highest BCUT2D eigenvalue weighted by molar-refractivity contribution is 9.09. The van der Waals surface area contributed by atoms with Gasteiger partial charge in [0.15, 0.2) is 5.01 Å². The van der Waals surface area contributed by atoms with E-state index in [1.165, 1.54) is 0 Å². The van der Waals surface area contributed by atoms with Crippen LogP contribution in [-0.4, -0.2) is 0 Å². The summed E-state index contributed by atoms with van der Waals surface area (Å²) in [5, 5.41) is 1.96. The fourth-order valence-electron chi connectivity index (χ4n) is 2.16. The van der Waals surface area contributed by atoms with E-state index >= 15 is 0 Å². The van der Waals surface area contributed by atoms with Crippen LogP contribution < -0.4 is 10.5 Å². The minimum absolute atomic E-state index is 0.174. The Morgan fingerprint density at radius 1 is 0.900 bits per heavy atom. The smallest absolute Gasteiger partial charge is 0.178 e. The molecule has 0 amide bonds. The zero-order valence-electron chi connectivity index (χ0n) is 10.8. The van der Waals surface area contributed by atoms with E-state index in [9.17, 15) is 0 Å². The molecule has 0 heterocycles. The molecule has 0 saturated heterocycles. The van der Waals surface area contributed by atoms with Gasteiger partial charge < -0.3 is 10.5 Å². The summed E-state index contributed by atoms with van der Waals surface area (Å²) in [6, 6.07) is 21.9. The maximum absolute atomic E-state index is 6.03. The van der Waals surface area contributed by atoms with Gasteiger partial charge in [0.25, 0.3) is 0 Å². The second kappa shape index (κ2) is 5.55. The topological polar surface area (TPSA) is 35.2 Å². The highest BCUT2D eigenvalue weighted by Gasteiger charge is 2.10. The minimum atomic E-state index is -0.174. The number of hydrogen-bond donors (Lipinski definition) is 1. The molecule has 0 aliphatic heterocycles. The summed E-state index contributed by atoms with van der Waals surface area (Å²) in [5.41, 5.74) is 7.66. The largest absolute Gasteiger partial charge is 0.474 e. The van der Waals surface area contributed by atoms with E-state index < -0.39 is 0 Å². The van der Waals surface area contributed by atoms with Crippen LogP contribution in [0, 0.1) is 0 Å². The van der Waals surface area contributed by atoms with Crippen LogP contribution in [0.5, 0.6) is 5.75 Å². The molecule has 3 aromatic carbocycles. The third kappa shape index (κ3) is 2.63. The molecule has 3 aromatic rings. The lowest BCUT2D eigenvalue weighted by molar-refractivity contribution is 0.305. The van der Waals surface area contributed by atoms with E-state index in [2.05, 4.69) is 15.9 Å². The molecule has 0 aliphatic rings. The van der Waals surface area contributed by atoms with Gasteiger partial charge in [0.05, 0.1) is 0 Å². The molecule has 0 aliphatic carbocycles. The van der Waals surface area contributed by atoms with Crippen LogP contribution in [0.1, 0.15) is 10.6 Å². The summed E-state index contributed by atoms with van der Waals surface area (Å²) >= 11 is 3.58. The van der Waals surface area contributed by atoms with Gasteiger partial charge in [-0.15, -0.1) is 0 Å². The van der Waals surface area contributed by atoms with Gasteiger partial charge in [-0.25, -0.2) is 0 Å². The molecule has 1 atom stereocenters. The first-order chi connectivity index (χ1) is 9.74. The number of anilines is 1. The first kappa shape index (κ1) is 13.0. The zero-order valence-corrected chi connectivity index (χ0v) is 12.4. The summed E-state index contributed by atoms with van der Waals surface area (Å²) in [7, 11) is 0. The number of ether oxygens (including phenoxy) is 1. The number of nitrogens with two attached hydrogens (primary N) is 1. The Morgan fingerprint density at radius 2 is 1.70 bits per heavy atom. The number of nitrogen functional groups attached to an aromatic ring is 1. The van der Waals surface area contributed by atoms with E-state index in [1.54, 1.807) is 0 Å². The molecule has 3 heteroatoms. The highest BCUT2D eigenvalue weighted by atomic mass is 79.9. The quantitative estimate of drug-likeness (QED) is 0.548. The van der Waals surface area contributed by atoms with Crippen LogP contribution in [0.25, 0.3) is 10.8 Å². The molecular formula is C17H14BrNO. The van der Waals surface area contributed by atoms with Crippen LogP contribution in [-0.2, 0) is 0 Å². The minimum Gasteiger partial charge on any atom is -0.474 e. The van der Waals surface area contributed by atoms with Crippen molar-refractivity contribution in [2.75, 3.05) is 5.73 Å². The fraction of sp³-hybridized carbons (Fsp3) is 0.0588. The van der Waals surface area contributed by atoms with Crippen LogP contribution in [0.2, 0.25) is 0 Å². The molecule has 2 nitrogen and oxygen atoms in total. The predicted molar refractivity (Wildman–Crippen MR) is 87.1 cm³/mol. The van der Waals surface area contributed by atoms with Crippen LogP contribution in [0.3, 0.4) is 0 Å². The fourth-order valence-corrected chi connectivity index (χ4v) is 2.67. The van der Waals surface area contributed by atoms with Crippen molar-refractivity contribution in [1.82, 2.24) is 0 Å². The number of hydrogen-bond acceptors (Lipinski definition) is 2. The summed E-state index contributed by atoms with van der Waals surface area (Å²) in [5.74, 6) is 0.841. The van der Waals surface area contributed by atoms with Crippen molar-refractivity contribution in [2.45, 2.75) is 5.01 Å². The van der Waals surface area contributed by atoms with Gasteiger partial charge >= 0.3 is 0 Å². The standard InChI is InChI=1S/C17H14BrNO/c18-17(12-5-2-1-3-6-12)20-16-8-4-7-13-11-14(19)9-10-15(13)16/h1-11,17H,19H2. The summed E-state index contributed by atoms with van der Waals surface area (Å²) in [4.78, 5) is 0. The molecule has 0 radical (unpaired) electrons. The molecule has 2 N–H and O–H groups in total. The van der Waals surface area contributed by atoms with Gasteiger partial charge in [0, 0.05) is 16.6 Å². The Labute approximate surface area is 126 Å². The third-order valence-corrected chi connectivity index (χ3v) is 3.87. The Kier molecular flexibility index (Phi) is 3.61. The van der Waals surface area contributed by atoms with E-state index in [4.69, 9.17) is 10.5 Å². The van der Waals surface area contributed by atoms with Crippen molar-refractivity contribution in [3.8, 4) is 5.75 Å². The van der Waals surface area contributed by atoms with Crippen LogP contribution in [0.15, 0.2) is 66.7 Å². The van der Waals surface area contributed by atoms with Crippen molar-refractivity contribution in [2.24, 2.45) is 0 Å². The van der Waals surface area contributed by atoms with E-state index in [1.807, 2.05) is 66.7 Å². The first-order valence-corrected chi connectivity index (χ1v) is 7.29. The maximum Gasteiger partial charge on any atom is 0.178 e. The number of rotatable bonds is 3. The van der Waals surface area contributed by atoms with Gasteiger partial charge in [-0.1, -0.05) is 42.5 Å². The Morgan fingerprint density at radius 3 is 2.50 bits per heavy atom. The third-order valence-electron chi connectivity index (χ3n) is 3.16. The van der Waals surface area contributed by atoms with Gasteiger partial charge in [0.1, 0.15) is 5.75 Å². The van der Waals surface area contributed by atoms with E-state index in [-0.39, 0.29) is 5.01 Å². The van der Waals surface area contributed by atoms with Gasteiger partial charge in [0.2, 0.25) is 0 Å². The van der Waals surface area contributed by atoms with Crippen molar-refractivity contribution in [1.29, 1.82) is 0 Å². The van der Waals surface area contributed by atoms with Gasteiger partial charge in [-0.05, 0) is 45.6 Å². The second-order valence-corrected chi connectivity index (χ2v) is 5.41. The molecular weight excluding hydrogens is 314 g/mol.